The Hall–Kier alpha value is -1.21. The Kier molecular flexibility index (Phi) is 4.40. The second-order valence-electron chi connectivity index (χ2n) is 5.39. The van der Waals surface area contributed by atoms with Gasteiger partial charge in [0.25, 0.3) is 5.56 Å². The number of halogens is 1. The van der Waals surface area contributed by atoms with Crippen molar-refractivity contribution in [2.45, 2.75) is 38.8 Å². The highest BCUT2D eigenvalue weighted by Crippen LogP contribution is 2.28. The standard InChI is InChI=1S/C14H17BrN4OS/c1-9(13-16-5-6-21-13)18-12-11(15)7-17-19(14(12)20)8-10-3-2-4-10/h5-7,9-10,18H,2-4,8H2,1H3. The molecule has 0 aromatic carbocycles. The highest BCUT2D eigenvalue weighted by molar-refractivity contribution is 9.10. The van der Waals surface area contributed by atoms with Gasteiger partial charge in [-0.05, 0) is 41.6 Å². The van der Waals surface area contributed by atoms with Gasteiger partial charge in [-0.25, -0.2) is 9.67 Å². The third kappa shape index (κ3) is 3.18. The van der Waals surface area contributed by atoms with E-state index in [2.05, 4.69) is 31.3 Å². The number of nitrogens with one attached hydrogen (secondary N) is 1. The molecule has 1 fully saturated rings. The summed E-state index contributed by atoms with van der Waals surface area (Å²) in [5.74, 6) is 0.598. The maximum absolute atomic E-state index is 12.6. The topological polar surface area (TPSA) is 59.8 Å². The van der Waals surface area contributed by atoms with Crippen LogP contribution in [0.25, 0.3) is 0 Å². The summed E-state index contributed by atoms with van der Waals surface area (Å²) in [5, 5.41) is 10.4. The highest BCUT2D eigenvalue weighted by atomic mass is 79.9. The quantitative estimate of drug-likeness (QED) is 0.877. The van der Waals surface area contributed by atoms with Crippen LogP contribution in [0.4, 0.5) is 5.69 Å². The van der Waals surface area contributed by atoms with Crippen molar-refractivity contribution in [2.24, 2.45) is 5.92 Å². The predicted octanol–water partition coefficient (Wildman–Crippen LogP) is 3.44. The van der Waals surface area contributed by atoms with E-state index in [1.165, 1.54) is 19.3 Å². The van der Waals surface area contributed by atoms with Crippen LogP contribution < -0.4 is 10.9 Å². The highest BCUT2D eigenvalue weighted by Gasteiger charge is 2.21. The molecular formula is C14H17BrN4OS. The zero-order valence-electron chi connectivity index (χ0n) is 11.8. The first-order chi connectivity index (χ1) is 10.1. The Balaban J connectivity index is 1.83. The number of anilines is 1. The second-order valence-corrected chi connectivity index (χ2v) is 7.17. The van der Waals surface area contributed by atoms with E-state index < -0.39 is 0 Å². The van der Waals surface area contributed by atoms with Crippen molar-refractivity contribution < 1.29 is 0 Å². The van der Waals surface area contributed by atoms with Crippen LogP contribution in [-0.2, 0) is 6.54 Å². The molecule has 2 aromatic heterocycles. The lowest BCUT2D eigenvalue weighted by atomic mass is 9.85. The number of thiazole rings is 1. The molecule has 0 saturated heterocycles. The molecule has 0 bridgehead atoms. The third-order valence-electron chi connectivity index (χ3n) is 3.84. The lowest BCUT2D eigenvalue weighted by Crippen LogP contribution is -2.31. The van der Waals surface area contributed by atoms with Gasteiger partial charge in [-0.2, -0.15) is 5.10 Å². The zero-order chi connectivity index (χ0) is 14.8. The zero-order valence-corrected chi connectivity index (χ0v) is 14.2. The Morgan fingerprint density at radius 1 is 1.57 bits per heavy atom. The molecule has 1 atom stereocenters. The fourth-order valence-corrected chi connectivity index (χ4v) is 3.40. The Bertz CT molecular complexity index is 666. The summed E-state index contributed by atoms with van der Waals surface area (Å²) in [4.78, 5) is 16.8. The molecule has 3 rings (SSSR count). The Morgan fingerprint density at radius 2 is 2.38 bits per heavy atom. The average Bonchev–Trinajstić information content (AvgIpc) is 2.94. The minimum Gasteiger partial charge on any atom is -0.371 e. The maximum atomic E-state index is 12.6. The van der Waals surface area contributed by atoms with Crippen LogP contribution in [0.1, 0.15) is 37.2 Å². The minimum atomic E-state index is -0.0697. The minimum absolute atomic E-state index is 0.00597. The maximum Gasteiger partial charge on any atom is 0.291 e. The van der Waals surface area contributed by atoms with Gasteiger partial charge in [-0.15, -0.1) is 11.3 Å². The summed E-state index contributed by atoms with van der Waals surface area (Å²) in [6.45, 7) is 2.72. The van der Waals surface area contributed by atoms with Crippen LogP contribution in [0, 0.1) is 5.92 Å². The van der Waals surface area contributed by atoms with Gasteiger partial charge in [-0.3, -0.25) is 4.79 Å². The van der Waals surface area contributed by atoms with E-state index in [1.54, 1.807) is 28.4 Å². The molecule has 0 spiro atoms. The summed E-state index contributed by atoms with van der Waals surface area (Å²) in [7, 11) is 0. The second kappa shape index (κ2) is 6.27. The Labute approximate surface area is 135 Å². The summed E-state index contributed by atoms with van der Waals surface area (Å²) in [6, 6.07) is -0.00597. The van der Waals surface area contributed by atoms with Gasteiger partial charge in [0, 0.05) is 18.1 Å². The normalized spacial score (nSPS) is 16.5. The molecule has 0 amide bonds. The van der Waals surface area contributed by atoms with Crippen LogP contribution in [0.3, 0.4) is 0 Å². The van der Waals surface area contributed by atoms with Gasteiger partial charge < -0.3 is 5.32 Å². The molecule has 1 N–H and O–H groups in total. The van der Waals surface area contributed by atoms with Gasteiger partial charge in [0.15, 0.2) is 0 Å². The van der Waals surface area contributed by atoms with E-state index in [9.17, 15) is 4.79 Å². The van der Waals surface area contributed by atoms with E-state index in [0.717, 1.165) is 5.01 Å². The van der Waals surface area contributed by atoms with Gasteiger partial charge in [0.2, 0.25) is 0 Å². The van der Waals surface area contributed by atoms with E-state index >= 15 is 0 Å². The van der Waals surface area contributed by atoms with Crippen molar-refractivity contribution >= 4 is 33.0 Å². The first-order valence-corrected chi connectivity index (χ1v) is 8.74. The van der Waals surface area contributed by atoms with Crippen molar-refractivity contribution in [3.8, 4) is 0 Å². The Morgan fingerprint density at radius 3 is 3.00 bits per heavy atom. The van der Waals surface area contributed by atoms with E-state index in [0.29, 0.717) is 22.6 Å². The molecular weight excluding hydrogens is 352 g/mol. The van der Waals surface area contributed by atoms with Crippen LogP contribution in [0.5, 0.6) is 0 Å². The lowest BCUT2D eigenvalue weighted by Gasteiger charge is -2.25. The summed E-state index contributed by atoms with van der Waals surface area (Å²) in [6.07, 6.45) is 7.12. The van der Waals surface area contributed by atoms with E-state index in [-0.39, 0.29) is 11.6 Å². The first kappa shape index (κ1) is 14.7. The van der Waals surface area contributed by atoms with Crippen molar-refractivity contribution in [3.63, 3.8) is 0 Å². The third-order valence-corrected chi connectivity index (χ3v) is 5.40. The van der Waals surface area contributed by atoms with Gasteiger partial charge in [0.1, 0.15) is 10.7 Å². The van der Waals surface area contributed by atoms with Crippen LogP contribution >= 0.6 is 27.3 Å². The molecule has 7 heteroatoms. The summed E-state index contributed by atoms with van der Waals surface area (Å²) in [5.41, 5.74) is 0.492. The smallest absolute Gasteiger partial charge is 0.291 e. The van der Waals surface area contributed by atoms with Gasteiger partial charge >= 0.3 is 0 Å². The van der Waals surface area contributed by atoms with Gasteiger partial charge in [-0.1, -0.05) is 6.42 Å². The molecule has 2 heterocycles. The van der Waals surface area contributed by atoms with E-state index in [4.69, 9.17) is 0 Å². The number of hydrogen-bond donors (Lipinski definition) is 1. The largest absolute Gasteiger partial charge is 0.371 e. The summed E-state index contributed by atoms with van der Waals surface area (Å²) < 4.78 is 2.27. The molecule has 1 saturated carbocycles. The van der Waals surface area contributed by atoms with Crippen molar-refractivity contribution in [1.82, 2.24) is 14.8 Å². The van der Waals surface area contributed by atoms with E-state index in [1.807, 2.05) is 12.3 Å². The molecule has 112 valence electrons. The van der Waals surface area contributed by atoms with Crippen molar-refractivity contribution in [2.75, 3.05) is 5.32 Å². The average molecular weight is 369 g/mol. The molecule has 1 unspecified atom stereocenters. The first-order valence-electron chi connectivity index (χ1n) is 7.06. The molecule has 5 nitrogen and oxygen atoms in total. The van der Waals surface area contributed by atoms with Crippen molar-refractivity contribution in [1.29, 1.82) is 0 Å². The molecule has 21 heavy (non-hydrogen) atoms. The monoisotopic (exact) mass is 368 g/mol. The number of aromatic nitrogens is 3. The fourth-order valence-electron chi connectivity index (χ4n) is 2.38. The predicted molar refractivity (Wildman–Crippen MR) is 87.7 cm³/mol. The van der Waals surface area contributed by atoms with Crippen molar-refractivity contribution in [3.05, 3.63) is 37.6 Å². The SMILES string of the molecule is CC(Nc1c(Br)cnn(CC2CCC2)c1=O)c1nccs1. The number of rotatable bonds is 5. The lowest BCUT2D eigenvalue weighted by molar-refractivity contribution is 0.262. The number of nitrogens with zero attached hydrogens (tertiary/aromatic N) is 3. The molecule has 0 aliphatic heterocycles. The van der Waals surface area contributed by atoms with Crippen LogP contribution in [0.15, 0.2) is 27.0 Å². The summed E-state index contributed by atoms with van der Waals surface area (Å²) >= 11 is 4.99. The van der Waals surface area contributed by atoms with Gasteiger partial charge in [0.05, 0.1) is 16.7 Å². The van der Waals surface area contributed by atoms with Crippen LogP contribution in [-0.4, -0.2) is 14.8 Å². The fraction of sp³-hybridized carbons (Fsp3) is 0.500. The molecule has 0 radical (unpaired) electrons. The number of hydrogen-bond acceptors (Lipinski definition) is 5. The molecule has 1 aliphatic rings. The molecule has 2 aromatic rings. The van der Waals surface area contributed by atoms with Crippen LogP contribution in [0.2, 0.25) is 0 Å². The molecule has 1 aliphatic carbocycles.